The van der Waals surface area contributed by atoms with Crippen molar-refractivity contribution in [1.82, 2.24) is 0 Å². The van der Waals surface area contributed by atoms with Gasteiger partial charge in [0.05, 0.1) is 11.5 Å². The van der Waals surface area contributed by atoms with Gasteiger partial charge >= 0.3 is 5.97 Å². The summed E-state index contributed by atoms with van der Waals surface area (Å²) in [5.74, 6) is -5.77. The second-order valence-electron chi connectivity index (χ2n) is 7.37. The van der Waals surface area contributed by atoms with Crippen LogP contribution in [0.15, 0.2) is 30.4 Å². The summed E-state index contributed by atoms with van der Waals surface area (Å²) in [4.78, 5) is 12.2. The maximum Gasteiger partial charge on any atom is 0.312 e. The molecule has 2 nitrogen and oxygen atoms in total. The first-order chi connectivity index (χ1) is 12.0. The molecule has 1 aliphatic carbocycles. The molecule has 2 rings (SSSR count). The van der Waals surface area contributed by atoms with E-state index in [0.717, 1.165) is 5.57 Å². The van der Waals surface area contributed by atoms with E-state index in [0.29, 0.717) is 6.07 Å². The van der Waals surface area contributed by atoms with Crippen molar-refractivity contribution in [3.63, 3.8) is 0 Å². The van der Waals surface area contributed by atoms with Crippen LogP contribution < -0.4 is 0 Å². The molecule has 0 amide bonds. The van der Waals surface area contributed by atoms with Gasteiger partial charge in [0.15, 0.2) is 11.6 Å². The number of alkyl halides is 1. The second kappa shape index (κ2) is 7.25. The molecule has 0 heterocycles. The van der Waals surface area contributed by atoms with Gasteiger partial charge in [-0.05, 0) is 37.7 Å². The predicted molar refractivity (Wildman–Crippen MR) is 90.4 cm³/mol. The fraction of sp³-hybridized carbons (Fsp3) is 0.450. The normalized spacial score (nSPS) is 21.7. The molecule has 6 heteroatoms. The minimum Gasteiger partial charge on any atom is -0.426 e. The Morgan fingerprint density at radius 1 is 1.31 bits per heavy atom. The highest BCUT2D eigenvalue weighted by Crippen LogP contribution is 2.60. The van der Waals surface area contributed by atoms with Crippen molar-refractivity contribution < 1.29 is 27.1 Å². The zero-order valence-electron chi connectivity index (χ0n) is 15.2. The smallest absolute Gasteiger partial charge is 0.312 e. The van der Waals surface area contributed by atoms with Crippen LogP contribution in [0, 0.1) is 34.7 Å². The van der Waals surface area contributed by atoms with Gasteiger partial charge in [0.2, 0.25) is 0 Å². The Labute approximate surface area is 150 Å². The lowest BCUT2D eigenvalue weighted by Crippen LogP contribution is -2.15. The fourth-order valence-electron chi connectivity index (χ4n) is 3.18. The predicted octanol–water partition coefficient (Wildman–Crippen LogP) is 5.58. The van der Waals surface area contributed by atoms with Crippen molar-refractivity contribution in [3.05, 3.63) is 58.9 Å². The minimum atomic E-state index is -2.59. The Morgan fingerprint density at radius 3 is 2.46 bits per heavy atom. The summed E-state index contributed by atoms with van der Waals surface area (Å²) in [6.07, 6.45) is 0.259. The molecular weight excluding hydrogens is 348 g/mol. The number of allylic oxidation sites excluding steroid dienone is 3. The SMILES string of the molecule is C=CCc1c(F)cc(C(F)OC(=O)C2C(C=C(C)C)C2(C)C)c(F)c1F. The molecule has 0 saturated heterocycles. The molecule has 0 aromatic heterocycles. The van der Waals surface area contributed by atoms with E-state index in [-0.39, 0.29) is 12.3 Å². The molecule has 26 heavy (non-hydrogen) atoms. The molecular formula is C20H22F4O2. The van der Waals surface area contributed by atoms with Crippen molar-refractivity contribution in [3.8, 4) is 0 Å². The number of carbonyl (C=O) groups excluding carboxylic acids is 1. The van der Waals surface area contributed by atoms with Crippen LogP contribution in [0.25, 0.3) is 0 Å². The van der Waals surface area contributed by atoms with Gasteiger partial charge in [-0.3, -0.25) is 4.79 Å². The van der Waals surface area contributed by atoms with E-state index in [2.05, 4.69) is 11.3 Å². The summed E-state index contributed by atoms with van der Waals surface area (Å²) in [7, 11) is 0. The summed E-state index contributed by atoms with van der Waals surface area (Å²) in [5, 5.41) is 0. The quantitative estimate of drug-likeness (QED) is 0.283. The Bertz CT molecular complexity index is 764. The van der Waals surface area contributed by atoms with Crippen LogP contribution in [0.4, 0.5) is 17.6 Å². The van der Waals surface area contributed by atoms with Crippen molar-refractivity contribution >= 4 is 5.97 Å². The Morgan fingerprint density at radius 2 is 1.92 bits per heavy atom. The fourth-order valence-corrected chi connectivity index (χ4v) is 3.18. The Balaban J connectivity index is 2.21. The molecule has 0 N–H and O–H groups in total. The summed E-state index contributed by atoms with van der Waals surface area (Å²) < 4.78 is 60.9. The third kappa shape index (κ3) is 3.69. The molecule has 1 saturated carbocycles. The lowest BCUT2D eigenvalue weighted by molar-refractivity contribution is -0.161. The summed E-state index contributed by atoms with van der Waals surface area (Å²) >= 11 is 0. The van der Waals surface area contributed by atoms with Gasteiger partial charge in [0.25, 0.3) is 6.36 Å². The monoisotopic (exact) mass is 370 g/mol. The van der Waals surface area contributed by atoms with Crippen molar-refractivity contribution in [1.29, 1.82) is 0 Å². The first-order valence-electron chi connectivity index (χ1n) is 8.29. The molecule has 142 valence electrons. The number of hydrogen-bond acceptors (Lipinski definition) is 2. The topological polar surface area (TPSA) is 26.3 Å². The Kier molecular flexibility index (Phi) is 5.64. The summed E-state index contributed by atoms with van der Waals surface area (Å²) in [6.45, 7) is 10.7. The minimum absolute atomic E-state index is 0.125. The molecule has 0 spiro atoms. The number of halogens is 4. The van der Waals surface area contributed by atoms with E-state index in [4.69, 9.17) is 0 Å². The van der Waals surface area contributed by atoms with Crippen molar-refractivity contribution in [2.24, 2.45) is 17.3 Å². The maximum absolute atomic E-state index is 14.3. The largest absolute Gasteiger partial charge is 0.426 e. The van der Waals surface area contributed by atoms with Gasteiger partial charge in [-0.15, -0.1) is 6.58 Å². The first-order valence-corrected chi connectivity index (χ1v) is 8.29. The summed E-state index contributed by atoms with van der Waals surface area (Å²) in [5.41, 5.74) is -0.940. The molecule has 1 aromatic carbocycles. The molecule has 1 fully saturated rings. The average molecular weight is 370 g/mol. The van der Waals surface area contributed by atoms with E-state index in [1.807, 2.05) is 33.8 Å². The molecule has 3 unspecified atom stereocenters. The van der Waals surface area contributed by atoms with Crippen LogP contribution in [-0.4, -0.2) is 5.97 Å². The summed E-state index contributed by atoms with van der Waals surface area (Å²) in [6, 6.07) is 0.515. The highest BCUT2D eigenvalue weighted by molar-refractivity contribution is 5.78. The van der Waals surface area contributed by atoms with Crippen LogP contribution in [0.5, 0.6) is 0 Å². The molecule has 1 aliphatic rings. The molecule has 0 bridgehead atoms. The second-order valence-corrected chi connectivity index (χ2v) is 7.37. The zero-order chi connectivity index (χ0) is 19.8. The van der Waals surface area contributed by atoms with Crippen LogP contribution >= 0.6 is 0 Å². The van der Waals surface area contributed by atoms with Crippen molar-refractivity contribution in [2.75, 3.05) is 0 Å². The number of esters is 1. The van der Waals surface area contributed by atoms with Gasteiger partial charge < -0.3 is 4.74 Å². The third-order valence-electron chi connectivity index (χ3n) is 4.77. The van der Waals surface area contributed by atoms with E-state index >= 15 is 0 Å². The highest BCUT2D eigenvalue weighted by atomic mass is 19.2. The van der Waals surface area contributed by atoms with Crippen LogP contribution in [0.2, 0.25) is 0 Å². The third-order valence-corrected chi connectivity index (χ3v) is 4.77. The van der Waals surface area contributed by atoms with Crippen LogP contribution in [0.1, 0.15) is 45.2 Å². The highest BCUT2D eigenvalue weighted by Gasteiger charge is 2.61. The number of ether oxygens (including phenoxy) is 1. The number of rotatable bonds is 6. The molecule has 0 radical (unpaired) electrons. The zero-order valence-corrected chi connectivity index (χ0v) is 15.2. The molecule has 3 atom stereocenters. The van der Waals surface area contributed by atoms with E-state index in [1.165, 1.54) is 6.08 Å². The van der Waals surface area contributed by atoms with Crippen LogP contribution in [0.3, 0.4) is 0 Å². The van der Waals surface area contributed by atoms with E-state index in [1.54, 1.807) is 0 Å². The standard InChI is InChI=1S/C20H22F4O2/c1-6-7-11-14(21)9-12(17(23)16(11)22)18(24)26-19(25)15-13(8-10(2)3)20(15,4)5/h6,8-9,13,15,18H,1,7H2,2-5H3. The van der Waals surface area contributed by atoms with E-state index < -0.39 is 52.2 Å². The Hall–Kier alpha value is -2.11. The maximum atomic E-state index is 14.3. The van der Waals surface area contributed by atoms with Crippen LogP contribution in [-0.2, 0) is 16.0 Å². The lowest BCUT2D eigenvalue weighted by atomic mass is 10.1. The van der Waals surface area contributed by atoms with Gasteiger partial charge in [-0.25, -0.2) is 13.2 Å². The number of benzene rings is 1. The van der Waals surface area contributed by atoms with Gasteiger partial charge in [-0.2, -0.15) is 4.39 Å². The van der Waals surface area contributed by atoms with Crippen molar-refractivity contribution in [2.45, 2.75) is 40.5 Å². The van der Waals surface area contributed by atoms with E-state index in [9.17, 15) is 22.4 Å². The molecule has 1 aromatic rings. The number of carbonyl (C=O) groups is 1. The van der Waals surface area contributed by atoms with Gasteiger partial charge in [-0.1, -0.05) is 31.6 Å². The molecule has 0 aliphatic heterocycles. The number of hydrogen-bond donors (Lipinski definition) is 0. The first kappa shape index (κ1) is 20.2. The lowest BCUT2D eigenvalue weighted by Gasteiger charge is -2.14. The van der Waals surface area contributed by atoms with Gasteiger partial charge in [0, 0.05) is 5.56 Å². The van der Waals surface area contributed by atoms with Gasteiger partial charge in [0.1, 0.15) is 5.82 Å². The average Bonchev–Trinajstić information content (AvgIpc) is 3.07.